The lowest BCUT2D eigenvalue weighted by molar-refractivity contribution is -0.133. The summed E-state index contributed by atoms with van der Waals surface area (Å²) in [6, 6.07) is 14.4. The maximum absolute atomic E-state index is 5.39. The van der Waals surface area contributed by atoms with Gasteiger partial charge in [0, 0.05) is 43.0 Å². The molecule has 4 heteroatoms. The average molecular weight is 406 g/mol. The first-order chi connectivity index (χ1) is 14.8. The lowest BCUT2D eigenvalue weighted by atomic mass is 9.60. The fraction of sp³-hybridized carbons (Fsp3) is 0.577. The molecule has 3 heterocycles. The van der Waals surface area contributed by atoms with Gasteiger partial charge in [0.25, 0.3) is 0 Å². The fourth-order valence-corrected chi connectivity index (χ4v) is 6.34. The van der Waals surface area contributed by atoms with Gasteiger partial charge in [-0.2, -0.15) is 0 Å². The van der Waals surface area contributed by atoms with Gasteiger partial charge < -0.3 is 4.74 Å². The number of rotatable bonds is 5. The van der Waals surface area contributed by atoms with Crippen LogP contribution >= 0.6 is 0 Å². The highest BCUT2D eigenvalue weighted by atomic mass is 16.5. The molecule has 0 bridgehead atoms. The van der Waals surface area contributed by atoms with E-state index in [1.54, 1.807) is 7.11 Å². The number of benzene rings is 1. The Labute approximate surface area is 181 Å². The number of hydrogen-bond acceptors (Lipinski definition) is 4. The number of pyridine rings is 1. The molecule has 1 aromatic carbocycles. The third-order valence-corrected chi connectivity index (χ3v) is 7.85. The summed E-state index contributed by atoms with van der Waals surface area (Å²) in [5.41, 5.74) is 3.38. The summed E-state index contributed by atoms with van der Waals surface area (Å²) < 4.78 is 5.39. The maximum atomic E-state index is 5.39. The molecule has 3 fully saturated rings. The van der Waals surface area contributed by atoms with Crippen LogP contribution < -0.4 is 4.74 Å². The highest BCUT2D eigenvalue weighted by Gasteiger charge is 2.54. The Hall–Kier alpha value is -1.91. The second-order valence-electron chi connectivity index (χ2n) is 9.64. The summed E-state index contributed by atoms with van der Waals surface area (Å²) in [6.07, 6.45) is 13.6. The summed E-state index contributed by atoms with van der Waals surface area (Å²) >= 11 is 0. The van der Waals surface area contributed by atoms with Crippen LogP contribution in [0.1, 0.15) is 62.1 Å². The van der Waals surface area contributed by atoms with E-state index in [2.05, 4.69) is 45.1 Å². The molecule has 4 nitrogen and oxygen atoms in total. The number of aromatic nitrogens is 1. The molecule has 1 atom stereocenters. The molecule has 1 aromatic heterocycles. The van der Waals surface area contributed by atoms with E-state index in [1.165, 1.54) is 75.7 Å². The van der Waals surface area contributed by atoms with Crippen LogP contribution in [0.2, 0.25) is 0 Å². The third-order valence-electron chi connectivity index (χ3n) is 7.85. The van der Waals surface area contributed by atoms with Crippen LogP contribution in [0.25, 0.3) is 0 Å². The van der Waals surface area contributed by atoms with Crippen molar-refractivity contribution in [2.45, 2.75) is 63.6 Å². The van der Waals surface area contributed by atoms with Gasteiger partial charge in [-0.25, -0.2) is 0 Å². The summed E-state index contributed by atoms with van der Waals surface area (Å²) in [5.74, 6) is 0.959. The van der Waals surface area contributed by atoms with Crippen LogP contribution in [0.5, 0.6) is 5.75 Å². The van der Waals surface area contributed by atoms with Gasteiger partial charge in [-0.1, -0.05) is 31.4 Å². The number of nitrogens with zero attached hydrogens (tertiary/aromatic N) is 3. The predicted molar refractivity (Wildman–Crippen MR) is 120 cm³/mol. The van der Waals surface area contributed by atoms with Gasteiger partial charge in [0.05, 0.1) is 7.11 Å². The summed E-state index contributed by atoms with van der Waals surface area (Å²) in [5, 5.41) is 0. The molecule has 160 valence electrons. The number of likely N-dealkylation sites (tertiary alicyclic amines) is 2. The maximum Gasteiger partial charge on any atom is 0.119 e. The van der Waals surface area contributed by atoms with E-state index in [1.807, 2.05) is 18.5 Å². The van der Waals surface area contributed by atoms with Gasteiger partial charge in [-0.3, -0.25) is 14.8 Å². The fourth-order valence-electron chi connectivity index (χ4n) is 6.34. The van der Waals surface area contributed by atoms with Crippen molar-refractivity contribution in [1.29, 1.82) is 0 Å². The van der Waals surface area contributed by atoms with Crippen molar-refractivity contribution in [3.05, 3.63) is 59.9 Å². The largest absolute Gasteiger partial charge is 0.497 e. The molecule has 0 radical (unpaired) electrons. The van der Waals surface area contributed by atoms with Crippen LogP contribution in [-0.4, -0.2) is 47.6 Å². The van der Waals surface area contributed by atoms with Gasteiger partial charge in [0.15, 0.2) is 0 Å². The highest BCUT2D eigenvalue weighted by molar-refractivity contribution is 5.28. The molecule has 2 aromatic rings. The van der Waals surface area contributed by atoms with Gasteiger partial charge in [-0.05, 0) is 74.2 Å². The van der Waals surface area contributed by atoms with Crippen molar-refractivity contribution in [1.82, 2.24) is 14.8 Å². The second-order valence-corrected chi connectivity index (χ2v) is 9.64. The van der Waals surface area contributed by atoms with Crippen molar-refractivity contribution < 1.29 is 4.74 Å². The predicted octanol–water partition coefficient (Wildman–Crippen LogP) is 5.06. The lowest BCUT2D eigenvalue weighted by Gasteiger charge is -2.63. The first-order valence-corrected chi connectivity index (χ1v) is 11.8. The normalized spacial score (nSPS) is 25.2. The van der Waals surface area contributed by atoms with Crippen LogP contribution in [0, 0.1) is 5.41 Å². The Kier molecular flexibility index (Phi) is 5.79. The molecule has 1 unspecified atom stereocenters. The van der Waals surface area contributed by atoms with E-state index in [0.29, 0.717) is 11.5 Å². The highest BCUT2D eigenvalue weighted by Crippen LogP contribution is 2.58. The van der Waals surface area contributed by atoms with E-state index in [9.17, 15) is 0 Å². The molecule has 3 aliphatic rings. The Bertz CT molecular complexity index is 825. The average Bonchev–Trinajstić information content (AvgIpc) is 2.80. The summed E-state index contributed by atoms with van der Waals surface area (Å²) in [7, 11) is 1.75. The molecule has 1 aliphatic carbocycles. The monoisotopic (exact) mass is 405 g/mol. The van der Waals surface area contributed by atoms with E-state index < -0.39 is 0 Å². The summed E-state index contributed by atoms with van der Waals surface area (Å²) in [6.45, 7) is 4.71. The molecule has 1 spiro atoms. The van der Waals surface area contributed by atoms with Crippen molar-refractivity contribution in [2.24, 2.45) is 5.41 Å². The van der Waals surface area contributed by atoms with E-state index >= 15 is 0 Å². The zero-order valence-electron chi connectivity index (χ0n) is 18.3. The number of piperidine rings is 1. The van der Waals surface area contributed by atoms with Crippen molar-refractivity contribution in [3.63, 3.8) is 0 Å². The molecular formula is C26H35N3O. The smallest absolute Gasteiger partial charge is 0.119 e. The quantitative estimate of drug-likeness (QED) is 0.695. The third kappa shape index (κ3) is 3.88. The second kappa shape index (κ2) is 8.68. The molecule has 1 saturated carbocycles. The minimum atomic E-state index is 0.525. The molecule has 2 saturated heterocycles. The zero-order valence-corrected chi connectivity index (χ0v) is 18.3. The lowest BCUT2D eigenvalue weighted by Crippen LogP contribution is -2.63. The SMILES string of the molecule is COc1cccc(CN2CCC(N3CC4(CCCCC4)C3c3ccncc3)CC2)c1. The molecule has 0 amide bonds. The topological polar surface area (TPSA) is 28.6 Å². The first kappa shape index (κ1) is 20.0. The van der Waals surface area contributed by atoms with Crippen molar-refractivity contribution in [2.75, 3.05) is 26.7 Å². The van der Waals surface area contributed by atoms with Gasteiger partial charge >= 0.3 is 0 Å². The van der Waals surface area contributed by atoms with Crippen molar-refractivity contribution >= 4 is 0 Å². The minimum Gasteiger partial charge on any atom is -0.497 e. The number of methoxy groups -OCH3 is 1. The molecule has 2 aliphatic heterocycles. The summed E-state index contributed by atoms with van der Waals surface area (Å²) in [4.78, 5) is 9.75. The molecule has 5 rings (SSSR count). The van der Waals surface area contributed by atoms with Gasteiger partial charge in [-0.15, -0.1) is 0 Å². The molecular weight excluding hydrogens is 370 g/mol. The Morgan fingerprint density at radius 1 is 1.03 bits per heavy atom. The van der Waals surface area contributed by atoms with Crippen LogP contribution in [0.3, 0.4) is 0 Å². The van der Waals surface area contributed by atoms with Crippen LogP contribution in [0.15, 0.2) is 48.8 Å². The first-order valence-electron chi connectivity index (χ1n) is 11.8. The Morgan fingerprint density at radius 2 is 1.80 bits per heavy atom. The molecule has 30 heavy (non-hydrogen) atoms. The van der Waals surface area contributed by atoms with Crippen LogP contribution in [0.4, 0.5) is 0 Å². The number of ether oxygens (including phenoxy) is 1. The Morgan fingerprint density at radius 3 is 2.53 bits per heavy atom. The Balaban J connectivity index is 1.24. The van der Waals surface area contributed by atoms with E-state index in [0.717, 1.165) is 18.3 Å². The van der Waals surface area contributed by atoms with E-state index in [-0.39, 0.29) is 0 Å². The minimum absolute atomic E-state index is 0.525. The zero-order chi connectivity index (χ0) is 20.4. The van der Waals surface area contributed by atoms with Gasteiger partial charge in [0.1, 0.15) is 5.75 Å². The molecule has 0 N–H and O–H groups in total. The standard InChI is InChI=1S/C26H35N3O/c1-30-24-7-5-6-21(18-24)19-28-16-10-23(11-17-28)29-20-26(12-3-2-4-13-26)25(29)22-8-14-27-15-9-22/h5-9,14-15,18,23,25H,2-4,10-13,16-17,19-20H2,1H3. The van der Waals surface area contributed by atoms with Gasteiger partial charge in [0.2, 0.25) is 0 Å². The number of hydrogen-bond donors (Lipinski definition) is 0. The van der Waals surface area contributed by atoms with Crippen LogP contribution in [-0.2, 0) is 6.54 Å². The van der Waals surface area contributed by atoms with Crippen molar-refractivity contribution in [3.8, 4) is 5.75 Å². The van der Waals surface area contributed by atoms with E-state index in [4.69, 9.17) is 4.74 Å².